The second-order valence-corrected chi connectivity index (χ2v) is 9.74. The van der Waals surface area contributed by atoms with Crippen molar-refractivity contribution in [2.75, 3.05) is 6.61 Å². The number of carbonyl (C=O) groups is 2. The molecule has 0 unspecified atom stereocenters. The molecule has 3 rings (SSSR count). The zero-order valence-electron chi connectivity index (χ0n) is 20.2. The van der Waals surface area contributed by atoms with Crippen LogP contribution in [-0.2, 0) is 22.6 Å². The lowest BCUT2D eigenvalue weighted by Gasteiger charge is -2.32. The Kier molecular flexibility index (Phi) is 10.5. The highest BCUT2D eigenvalue weighted by molar-refractivity contribution is 6.36. The molecule has 0 aliphatic rings. The molecule has 5 nitrogen and oxygen atoms in total. The van der Waals surface area contributed by atoms with Crippen molar-refractivity contribution in [1.29, 1.82) is 0 Å². The van der Waals surface area contributed by atoms with Crippen molar-refractivity contribution in [3.8, 4) is 5.75 Å². The van der Waals surface area contributed by atoms with Crippen LogP contribution in [0, 0.1) is 0 Å². The minimum Gasteiger partial charge on any atom is -0.484 e. The standard InChI is InChI=1S/C28H29Cl3N2O3/c1-3-19(2)32-28(35)26(16-20-8-5-4-6-9-20)33(17-23-24(30)10-7-11-25(23)31)27(34)18-36-22-14-12-21(29)13-15-22/h4-15,19,26H,3,16-18H2,1-2H3,(H,32,35)/t19-,26+/m0/s1. The lowest BCUT2D eigenvalue weighted by Crippen LogP contribution is -2.53. The molecule has 0 bridgehead atoms. The fourth-order valence-corrected chi connectivity index (χ4v) is 4.25. The maximum Gasteiger partial charge on any atom is 0.261 e. The Bertz CT molecular complexity index is 1140. The summed E-state index contributed by atoms with van der Waals surface area (Å²) in [4.78, 5) is 28.6. The summed E-state index contributed by atoms with van der Waals surface area (Å²) in [5.74, 6) is -0.135. The fourth-order valence-electron chi connectivity index (χ4n) is 3.61. The molecule has 0 fully saturated rings. The first-order chi connectivity index (χ1) is 17.3. The SMILES string of the molecule is CC[C@H](C)NC(=O)[C@@H](Cc1ccccc1)N(Cc1c(Cl)cccc1Cl)C(=O)COc1ccc(Cl)cc1. The van der Waals surface area contributed by atoms with Gasteiger partial charge in [0.05, 0.1) is 0 Å². The van der Waals surface area contributed by atoms with E-state index in [4.69, 9.17) is 39.5 Å². The first-order valence-corrected chi connectivity index (χ1v) is 12.9. The van der Waals surface area contributed by atoms with Crippen LogP contribution >= 0.6 is 34.8 Å². The third kappa shape index (κ3) is 7.89. The number of nitrogens with zero attached hydrogens (tertiary/aromatic N) is 1. The molecule has 8 heteroatoms. The van der Waals surface area contributed by atoms with E-state index in [9.17, 15) is 9.59 Å². The van der Waals surface area contributed by atoms with Gasteiger partial charge in [0.25, 0.3) is 5.91 Å². The van der Waals surface area contributed by atoms with E-state index in [0.29, 0.717) is 32.8 Å². The molecule has 0 spiro atoms. The van der Waals surface area contributed by atoms with E-state index < -0.39 is 6.04 Å². The normalized spacial score (nSPS) is 12.5. The van der Waals surface area contributed by atoms with Crippen molar-refractivity contribution < 1.29 is 14.3 Å². The Labute approximate surface area is 227 Å². The highest BCUT2D eigenvalue weighted by atomic mass is 35.5. The highest BCUT2D eigenvalue weighted by Gasteiger charge is 2.32. The van der Waals surface area contributed by atoms with E-state index >= 15 is 0 Å². The quantitative estimate of drug-likeness (QED) is 0.295. The second kappa shape index (κ2) is 13.5. The molecule has 2 atom stereocenters. The maximum absolute atomic E-state index is 13.6. The number of ether oxygens (including phenoxy) is 1. The number of nitrogens with one attached hydrogen (secondary N) is 1. The number of halogens is 3. The fraction of sp³-hybridized carbons (Fsp3) is 0.286. The van der Waals surface area contributed by atoms with Crippen LogP contribution in [0.5, 0.6) is 5.75 Å². The summed E-state index contributed by atoms with van der Waals surface area (Å²) in [5.41, 5.74) is 1.48. The number of amides is 2. The minimum absolute atomic E-state index is 0.0484. The van der Waals surface area contributed by atoms with E-state index in [1.165, 1.54) is 4.90 Å². The van der Waals surface area contributed by atoms with Crippen molar-refractivity contribution in [2.45, 2.75) is 45.3 Å². The number of rotatable bonds is 11. The molecule has 2 amide bonds. The number of benzene rings is 3. The average Bonchev–Trinajstić information content (AvgIpc) is 2.87. The summed E-state index contributed by atoms with van der Waals surface area (Å²) < 4.78 is 5.74. The molecular formula is C28H29Cl3N2O3. The average molecular weight is 548 g/mol. The largest absolute Gasteiger partial charge is 0.484 e. The van der Waals surface area contributed by atoms with Crippen molar-refractivity contribution >= 4 is 46.6 Å². The zero-order chi connectivity index (χ0) is 26.1. The Balaban J connectivity index is 1.95. The topological polar surface area (TPSA) is 58.6 Å². The van der Waals surface area contributed by atoms with E-state index in [1.54, 1.807) is 42.5 Å². The van der Waals surface area contributed by atoms with Gasteiger partial charge in [-0.05, 0) is 55.3 Å². The molecule has 3 aromatic carbocycles. The van der Waals surface area contributed by atoms with Crippen LogP contribution in [0.15, 0.2) is 72.8 Å². The van der Waals surface area contributed by atoms with Gasteiger partial charge in [-0.3, -0.25) is 9.59 Å². The molecule has 3 aromatic rings. The van der Waals surface area contributed by atoms with Crippen LogP contribution in [-0.4, -0.2) is 35.4 Å². The lowest BCUT2D eigenvalue weighted by atomic mass is 10.0. The van der Waals surface area contributed by atoms with E-state index in [2.05, 4.69) is 5.32 Å². The summed E-state index contributed by atoms with van der Waals surface area (Å²) in [6.45, 7) is 3.69. The smallest absolute Gasteiger partial charge is 0.261 e. The molecule has 36 heavy (non-hydrogen) atoms. The number of carbonyl (C=O) groups excluding carboxylic acids is 2. The van der Waals surface area contributed by atoms with Gasteiger partial charge in [-0.2, -0.15) is 0 Å². The summed E-state index contributed by atoms with van der Waals surface area (Å²) in [7, 11) is 0. The van der Waals surface area contributed by atoms with Crippen LogP contribution in [0.3, 0.4) is 0 Å². The minimum atomic E-state index is -0.810. The first kappa shape index (κ1) is 27.9. The summed E-state index contributed by atoms with van der Waals surface area (Å²) in [5, 5.41) is 4.42. The summed E-state index contributed by atoms with van der Waals surface area (Å²) >= 11 is 18.9. The van der Waals surface area contributed by atoms with Gasteiger partial charge < -0.3 is 15.0 Å². The van der Waals surface area contributed by atoms with Gasteiger partial charge in [0.15, 0.2) is 6.61 Å². The molecule has 190 valence electrons. The van der Waals surface area contributed by atoms with Gasteiger partial charge in [0, 0.05) is 39.6 Å². The van der Waals surface area contributed by atoms with E-state index in [1.807, 2.05) is 44.2 Å². The Hall–Kier alpha value is -2.73. The summed E-state index contributed by atoms with van der Waals surface area (Å²) in [6.07, 6.45) is 1.08. The molecule has 0 aromatic heterocycles. The zero-order valence-corrected chi connectivity index (χ0v) is 22.5. The predicted octanol–water partition coefficient (Wildman–Crippen LogP) is 6.58. The third-order valence-corrected chi connectivity index (χ3v) is 6.80. The number of hydrogen-bond acceptors (Lipinski definition) is 3. The van der Waals surface area contributed by atoms with E-state index in [0.717, 1.165) is 12.0 Å². The highest BCUT2D eigenvalue weighted by Crippen LogP contribution is 2.27. The van der Waals surface area contributed by atoms with Crippen molar-refractivity contribution in [1.82, 2.24) is 10.2 Å². The van der Waals surface area contributed by atoms with Gasteiger partial charge in [0.2, 0.25) is 5.91 Å². The van der Waals surface area contributed by atoms with Gasteiger partial charge >= 0.3 is 0 Å². The Morgan fingerprint density at radius 2 is 1.56 bits per heavy atom. The van der Waals surface area contributed by atoms with Gasteiger partial charge in [-0.25, -0.2) is 0 Å². The lowest BCUT2D eigenvalue weighted by molar-refractivity contribution is -0.143. The number of hydrogen-bond donors (Lipinski definition) is 1. The second-order valence-electron chi connectivity index (χ2n) is 8.49. The molecule has 0 aliphatic carbocycles. The maximum atomic E-state index is 13.6. The molecule has 0 radical (unpaired) electrons. The molecule has 0 heterocycles. The van der Waals surface area contributed by atoms with Crippen LogP contribution in [0.4, 0.5) is 0 Å². The van der Waals surface area contributed by atoms with Gasteiger partial charge in [-0.1, -0.05) is 78.1 Å². The predicted molar refractivity (Wildman–Crippen MR) is 146 cm³/mol. The van der Waals surface area contributed by atoms with Gasteiger partial charge in [0.1, 0.15) is 11.8 Å². The van der Waals surface area contributed by atoms with Crippen LogP contribution in [0.2, 0.25) is 15.1 Å². The molecule has 1 N–H and O–H groups in total. The third-order valence-electron chi connectivity index (χ3n) is 5.84. The first-order valence-electron chi connectivity index (χ1n) is 11.7. The van der Waals surface area contributed by atoms with Crippen LogP contribution in [0.1, 0.15) is 31.4 Å². The Morgan fingerprint density at radius 1 is 0.917 bits per heavy atom. The van der Waals surface area contributed by atoms with Crippen LogP contribution in [0.25, 0.3) is 0 Å². The molecule has 0 saturated carbocycles. The summed E-state index contributed by atoms with van der Waals surface area (Å²) in [6, 6.07) is 20.6. The Morgan fingerprint density at radius 3 is 2.17 bits per heavy atom. The van der Waals surface area contributed by atoms with Gasteiger partial charge in [-0.15, -0.1) is 0 Å². The van der Waals surface area contributed by atoms with Crippen molar-refractivity contribution in [3.05, 3.63) is 99.0 Å². The molecular weight excluding hydrogens is 519 g/mol. The van der Waals surface area contributed by atoms with E-state index in [-0.39, 0.29) is 31.0 Å². The van der Waals surface area contributed by atoms with Crippen LogP contribution < -0.4 is 10.1 Å². The van der Waals surface area contributed by atoms with Crippen molar-refractivity contribution in [2.24, 2.45) is 0 Å². The monoisotopic (exact) mass is 546 g/mol. The van der Waals surface area contributed by atoms with Crippen molar-refractivity contribution in [3.63, 3.8) is 0 Å². The molecule has 0 aliphatic heterocycles. The molecule has 0 saturated heterocycles.